The first kappa shape index (κ1) is 14.0. The molecule has 0 saturated heterocycles. The van der Waals surface area contributed by atoms with E-state index in [1.165, 1.54) is 6.07 Å². The lowest BCUT2D eigenvalue weighted by molar-refractivity contribution is 0.170. The highest BCUT2D eigenvalue weighted by atomic mass is 19.1. The molecule has 1 aromatic rings. The molecular formula is C15H20FN3. The first-order valence-electron chi connectivity index (χ1n) is 6.77. The van der Waals surface area contributed by atoms with Gasteiger partial charge in [-0.15, -0.1) is 0 Å². The van der Waals surface area contributed by atoms with E-state index in [2.05, 4.69) is 11.0 Å². The summed E-state index contributed by atoms with van der Waals surface area (Å²) in [6, 6.07) is 9.19. The molecule has 0 bridgehead atoms. The maximum absolute atomic E-state index is 13.4. The smallest absolute Gasteiger partial charge is 0.123 e. The first-order valence-corrected chi connectivity index (χ1v) is 6.77. The van der Waals surface area contributed by atoms with Gasteiger partial charge in [0.05, 0.1) is 12.1 Å². The largest absolute Gasteiger partial charge is 0.326 e. The number of hydrogen-bond acceptors (Lipinski definition) is 3. The summed E-state index contributed by atoms with van der Waals surface area (Å²) in [7, 11) is 0. The van der Waals surface area contributed by atoms with Gasteiger partial charge in [-0.1, -0.05) is 12.1 Å². The molecule has 0 amide bonds. The Hall–Kier alpha value is -1.44. The number of hydrogen-bond donors (Lipinski definition) is 1. The zero-order valence-corrected chi connectivity index (χ0v) is 11.2. The Bertz CT molecular complexity index is 463. The van der Waals surface area contributed by atoms with Crippen molar-refractivity contribution < 1.29 is 4.39 Å². The Morgan fingerprint density at radius 3 is 2.79 bits per heavy atom. The van der Waals surface area contributed by atoms with Crippen LogP contribution >= 0.6 is 0 Å². The van der Waals surface area contributed by atoms with Crippen molar-refractivity contribution in [3.8, 4) is 6.07 Å². The fourth-order valence-corrected chi connectivity index (χ4v) is 2.62. The zero-order valence-electron chi connectivity index (χ0n) is 11.2. The fourth-order valence-electron chi connectivity index (χ4n) is 2.62. The van der Waals surface area contributed by atoms with Gasteiger partial charge in [-0.3, -0.25) is 4.90 Å². The Kier molecular flexibility index (Phi) is 4.52. The summed E-state index contributed by atoms with van der Waals surface area (Å²) in [5.41, 5.74) is 7.01. The molecule has 0 aliphatic heterocycles. The summed E-state index contributed by atoms with van der Waals surface area (Å²) in [5.74, 6) is -0.237. The Labute approximate surface area is 113 Å². The van der Waals surface area contributed by atoms with Crippen LogP contribution in [0.4, 0.5) is 4.39 Å². The van der Waals surface area contributed by atoms with Crippen LogP contribution in [0.5, 0.6) is 0 Å². The molecule has 1 fully saturated rings. The van der Waals surface area contributed by atoms with E-state index in [1.54, 1.807) is 12.1 Å². The Morgan fingerprint density at radius 2 is 2.26 bits per heavy atom. The van der Waals surface area contributed by atoms with E-state index in [1.807, 2.05) is 13.0 Å². The first-order chi connectivity index (χ1) is 9.13. The van der Waals surface area contributed by atoms with Gasteiger partial charge in [-0.25, -0.2) is 4.39 Å². The molecule has 2 unspecified atom stereocenters. The molecular weight excluding hydrogens is 241 g/mol. The van der Waals surface area contributed by atoms with Gasteiger partial charge in [-0.05, 0) is 37.5 Å². The van der Waals surface area contributed by atoms with Gasteiger partial charge in [0, 0.05) is 25.0 Å². The van der Waals surface area contributed by atoms with Crippen molar-refractivity contribution >= 4 is 0 Å². The van der Waals surface area contributed by atoms with Gasteiger partial charge in [0.15, 0.2) is 0 Å². The lowest BCUT2D eigenvalue weighted by atomic mass is 9.98. The number of rotatable bonds is 6. The summed E-state index contributed by atoms with van der Waals surface area (Å²) >= 11 is 0. The second-order valence-corrected chi connectivity index (χ2v) is 5.24. The van der Waals surface area contributed by atoms with E-state index < -0.39 is 0 Å². The van der Waals surface area contributed by atoms with Crippen LogP contribution in [0.2, 0.25) is 0 Å². The van der Waals surface area contributed by atoms with E-state index in [9.17, 15) is 4.39 Å². The monoisotopic (exact) mass is 261 g/mol. The predicted molar refractivity (Wildman–Crippen MR) is 72.7 cm³/mol. The molecule has 0 radical (unpaired) electrons. The van der Waals surface area contributed by atoms with Crippen molar-refractivity contribution in [1.29, 1.82) is 5.26 Å². The Balaban J connectivity index is 2.24. The van der Waals surface area contributed by atoms with Crippen molar-refractivity contribution in [2.24, 2.45) is 5.73 Å². The number of nitriles is 1. The fraction of sp³-hybridized carbons (Fsp3) is 0.533. The maximum Gasteiger partial charge on any atom is 0.123 e. The average molecular weight is 261 g/mol. The van der Waals surface area contributed by atoms with E-state index in [0.717, 1.165) is 18.4 Å². The van der Waals surface area contributed by atoms with Gasteiger partial charge < -0.3 is 5.73 Å². The third-order valence-corrected chi connectivity index (χ3v) is 3.54. The summed E-state index contributed by atoms with van der Waals surface area (Å²) in [4.78, 5) is 2.27. The van der Waals surface area contributed by atoms with Crippen molar-refractivity contribution in [3.05, 3.63) is 35.6 Å². The van der Waals surface area contributed by atoms with Crippen LogP contribution in [0.15, 0.2) is 24.3 Å². The summed E-state index contributed by atoms with van der Waals surface area (Å²) in [5, 5.41) is 8.78. The average Bonchev–Trinajstić information content (AvgIpc) is 3.18. The SMILES string of the molecule is CC(N)C(c1cccc(F)c1)N(CCC#N)C1CC1. The van der Waals surface area contributed by atoms with E-state index in [-0.39, 0.29) is 17.9 Å². The molecule has 19 heavy (non-hydrogen) atoms. The number of benzene rings is 1. The Morgan fingerprint density at radius 1 is 1.53 bits per heavy atom. The number of halogens is 1. The lowest BCUT2D eigenvalue weighted by Crippen LogP contribution is -2.41. The maximum atomic E-state index is 13.4. The zero-order chi connectivity index (χ0) is 13.8. The molecule has 1 aromatic carbocycles. The van der Waals surface area contributed by atoms with Crippen molar-refractivity contribution in [3.63, 3.8) is 0 Å². The van der Waals surface area contributed by atoms with Crippen LogP contribution in [-0.2, 0) is 0 Å². The second kappa shape index (κ2) is 6.14. The lowest BCUT2D eigenvalue weighted by Gasteiger charge is -2.34. The van der Waals surface area contributed by atoms with Crippen LogP contribution < -0.4 is 5.73 Å². The van der Waals surface area contributed by atoms with Crippen molar-refractivity contribution in [2.75, 3.05) is 6.54 Å². The minimum atomic E-state index is -0.237. The highest BCUT2D eigenvalue weighted by molar-refractivity contribution is 5.22. The van der Waals surface area contributed by atoms with Crippen LogP contribution in [0, 0.1) is 17.1 Å². The molecule has 1 aliphatic rings. The molecule has 2 atom stereocenters. The molecule has 3 nitrogen and oxygen atoms in total. The molecule has 1 aliphatic carbocycles. The molecule has 4 heteroatoms. The highest BCUT2D eigenvalue weighted by Gasteiger charge is 2.35. The minimum Gasteiger partial charge on any atom is -0.326 e. The van der Waals surface area contributed by atoms with Crippen molar-refractivity contribution in [1.82, 2.24) is 4.90 Å². The van der Waals surface area contributed by atoms with Gasteiger partial charge >= 0.3 is 0 Å². The second-order valence-electron chi connectivity index (χ2n) is 5.24. The third kappa shape index (κ3) is 3.52. The van der Waals surface area contributed by atoms with Gasteiger partial charge in [-0.2, -0.15) is 5.26 Å². The van der Waals surface area contributed by atoms with Gasteiger partial charge in [0.2, 0.25) is 0 Å². The standard InChI is InChI=1S/C15H20FN3/c1-11(18)15(12-4-2-5-13(16)10-12)19(9-3-8-17)14-6-7-14/h2,4-5,10-11,14-15H,3,6-7,9,18H2,1H3. The molecule has 0 aromatic heterocycles. The van der Waals surface area contributed by atoms with Crippen LogP contribution in [0.3, 0.4) is 0 Å². The number of nitrogens with two attached hydrogens (primary N) is 1. The normalized spacial score (nSPS) is 18.1. The van der Waals surface area contributed by atoms with Crippen LogP contribution in [-0.4, -0.2) is 23.5 Å². The molecule has 2 rings (SSSR count). The quantitative estimate of drug-likeness (QED) is 0.856. The third-order valence-electron chi connectivity index (χ3n) is 3.54. The summed E-state index contributed by atoms with van der Waals surface area (Å²) in [6.07, 6.45) is 2.77. The van der Waals surface area contributed by atoms with Gasteiger partial charge in [0.25, 0.3) is 0 Å². The molecule has 0 spiro atoms. The van der Waals surface area contributed by atoms with E-state index in [4.69, 9.17) is 11.0 Å². The van der Waals surface area contributed by atoms with E-state index >= 15 is 0 Å². The van der Waals surface area contributed by atoms with E-state index in [0.29, 0.717) is 19.0 Å². The predicted octanol–water partition coefficient (Wildman–Crippen LogP) is 2.59. The topological polar surface area (TPSA) is 53.0 Å². The molecule has 2 N–H and O–H groups in total. The van der Waals surface area contributed by atoms with Gasteiger partial charge in [0.1, 0.15) is 5.82 Å². The van der Waals surface area contributed by atoms with Crippen molar-refractivity contribution in [2.45, 2.75) is 44.3 Å². The molecule has 0 heterocycles. The summed E-state index contributed by atoms with van der Waals surface area (Å²) < 4.78 is 13.4. The highest BCUT2D eigenvalue weighted by Crippen LogP contribution is 2.35. The van der Waals surface area contributed by atoms with Crippen LogP contribution in [0.1, 0.15) is 37.8 Å². The van der Waals surface area contributed by atoms with Crippen LogP contribution in [0.25, 0.3) is 0 Å². The molecule has 1 saturated carbocycles. The molecule has 102 valence electrons. The number of nitrogens with zero attached hydrogens (tertiary/aromatic N) is 2. The minimum absolute atomic E-state index is 0.0171. The summed E-state index contributed by atoms with van der Waals surface area (Å²) in [6.45, 7) is 2.64.